The molecule has 60 valence electrons. The Balaban J connectivity index is 3.94. The number of nitrogens with two attached hydrogens (primary N) is 1. The Bertz CT molecular complexity index is 123. The lowest BCUT2D eigenvalue weighted by atomic mass is 9.93. The summed E-state index contributed by atoms with van der Waals surface area (Å²) in [5.74, 6) is -1.03. The topological polar surface area (TPSA) is 63.3 Å². The first-order valence-electron chi connectivity index (χ1n) is 3.45. The molecule has 0 amide bonds. The molecule has 0 aromatic heterocycles. The quantitative estimate of drug-likeness (QED) is 0.614. The van der Waals surface area contributed by atoms with Crippen LogP contribution >= 0.6 is 0 Å². The summed E-state index contributed by atoms with van der Waals surface area (Å²) in [5.41, 5.74) is 5.58. The van der Waals surface area contributed by atoms with E-state index in [-0.39, 0.29) is 12.0 Å². The molecule has 0 unspecified atom stereocenters. The van der Waals surface area contributed by atoms with Crippen molar-refractivity contribution >= 4 is 5.97 Å². The molecule has 3 nitrogen and oxygen atoms in total. The van der Waals surface area contributed by atoms with Crippen molar-refractivity contribution in [2.24, 2.45) is 17.6 Å². The molecule has 0 saturated carbocycles. The molecule has 0 aliphatic heterocycles. The first kappa shape index (κ1) is 9.43. The molecule has 0 fully saturated rings. The molecule has 0 aromatic carbocycles. The average molecular weight is 145 g/mol. The van der Waals surface area contributed by atoms with Crippen LogP contribution in [-0.2, 0) is 4.79 Å². The molecule has 10 heavy (non-hydrogen) atoms. The predicted octanol–water partition coefficient (Wildman–Crippen LogP) is 0.690. The van der Waals surface area contributed by atoms with E-state index in [2.05, 4.69) is 0 Å². The molecule has 3 N–H and O–H groups in total. The van der Waals surface area contributed by atoms with Crippen LogP contribution < -0.4 is 5.73 Å². The third-order valence-electron chi connectivity index (χ3n) is 1.74. The number of hydrogen-bond donors (Lipinski definition) is 2. The highest BCUT2D eigenvalue weighted by atomic mass is 16.4. The summed E-state index contributed by atoms with van der Waals surface area (Å²) >= 11 is 0. The van der Waals surface area contributed by atoms with Crippen LogP contribution in [0, 0.1) is 11.8 Å². The Labute approximate surface area is 61.2 Å². The van der Waals surface area contributed by atoms with Gasteiger partial charge in [-0.15, -0.1) is 0 Å². The average Bonchev–Trinajstić information content (AvgIpc) is 1.84. The summed E-state index contributed by atoms with van der Waals surface area (Å²) in [4.78, 5) is 10.4. The third kappa shape index (κ3) is 2.35. The molecule has 0 aliphatic carbocycles. The van der Waals surface area contributed by atoms with Crippen LogP contribution in [0.15, 0.2) is 0 Å². The Hall–Kier alpha value is -0.570. The van der Waals surface area contributed by atoms with Gasteiger partial charge < -0.3 is 10.8 Å². The van der Waals surface area contributed by atoms with Gasteiger partial charge in [0.1, 0.15) is 0 Å². The van der Waals surface area contributed by atoms with Gasteiger partial charge in [-0.2, -0.15) is 0 Å². The van der Waals surface area contributed by atoms with Crippen molar-refractivity contribution in [1.29, 1.82) is 0 Å². The molecule has 0 spiro atoms. The zero-order chi connectivity index (χ0) is 8.31. The van der Waals surface area contributed by atoms with Gasteiger partial charge in [0.05, 0.1) is 5.92 Å². The number of carboxylic acids is 1. The van der Waals surface area contributed by atoms with Gasteiger partial charge in [0.25, 0.3) is 0 Å². The molecule has 0 rings (SSSR count). The lowest BCUT2D eigenvalue weighted by Crippen LogP contribution is -2.37. The Morgan fingerprint density at radius 3 is 1.90 bits per heavy atom. The van der Waals surface area contributed by atoms with E-state index >= 15 is 0 Å². The molecule has 3 heteroatoms. The standard InChI is InChI=1S/C7H15NO2/c1-4(2)6(8)5(3)7(9)10/h4-6H,8H2,1-3H3,(H,9,10)/t5-,6-/m1/s1. The summed E-state index contributed by atoms with van der Waals surface area (Å²) in [6.07, 6.45) is 0. The number of carbonyl (C=O) groups is 1. The maximum absolute atomic E-state index is 10.4. The van der Waals surface area contributed by atoms with Gasteiger partial charge >= 0.3 is 5.97 Å². The Morgan fingerprint density at radius 1 is 1.40 bits per heavy atom. The third-order valence-corrected chi connectivity index (χ3v) is 1.74. The van der Waals surface area contributed by atoms with E-state index in [9.17, 15) is 4.79 Å². The van der Waals surface area contributed by atoms with Gasteiger partial charge in [-0.25, -0.2) is 0 Å². The summed E-state index contributed by atoms with van der Waals surface area (Å²) in [7, 11) is 0. The monoisotopic (exact) mass is 145 g/mol. The lowest BCUT2D eigenvalue weighted by Gasteiger charge is -2.19. The van der Waals surface area contributed by atoms with Crippen molar-refractivity contribution in [1.82, 2.24) is 0 Å². The summed E-state index contributed by atoms with van der Waals surface area (Å²) in [5, 5.41) is 8.52. The van der Waals surface area contributed by atoms with Crippen molar-refractivity contribution in [3.63, 3.8) is 0 Å². The van der Waals surface area contributed by atoms with Crippen LogP contribution in [-0.4, -0.2) is 17.1 Å². The minimum absolute atomic E-state index is 0.228. The highest BCUT2D eigenvalue weighted by Gasteiger charge is 2.21. The van der Waals surface area contributed by atoms with Crippen molar-refractivity contribution in [3.05, 3.63) is 0 Å². The van der Waals surface area contributed by atoms with E-state index in [1.165, 1.54) is 0 Å². The maximum Gasteiger partial charge on any atom is 0.307 e. The van der Waals surface area contributed by atoms with E-state index in [0.29, 0.717) is 0 Å². The predicted molar refractivity (Wildman–Crippen MR) is 39.6 cm³/mol. The van der Waals surface area contributed by atoms with E-state index in [1.54, 1.807) is 6.92 Å². The second-order valence-corrected chi connectivity index (χ2v) is 2.95. The van der Waals surface area contributed by atoms with Crippen molar-refractivity contribution in [2.45, 2.75) is 26.8 Å². The Kier molecular flexibility index (Phi) is 3.36. The van der Waals surface area contributed by atoms with E-state index in [0.717, 1.165) is 0 Å². The van der Waals surface area contributed by atoms with Crippen LogP contribution in [0.4, 0.5) is 0 Å². The SMILES string of the molecule is CC(C)[C@@H](N)[C@@H](C)C(=O)O. The van der Waals surface area contributed by atoms with Crippen LogP contribution in [0.25, 0.3) is 0 Å². The van der Waals surface area contributed by atoms with Crippen molar-refractivity contribution in [3.8, 4) is 0 Å². The highest BCUT2D eigenvalue weighted by Crippen LogP contribution is 2.09. The number of carboxylic acid groups (broad SMARTS) is 1. The van der Waals surface area contributed by atoms with Gasteiger partial charge in [-0.3, -0.25) is 4.79 Å². The fourth-order valence-corrected chi connectivity index (χ4v) is 0.742. The second-order valence-electron chi connectivity index (χ2n) is 2.95. The molecule has 0 aliphatic rings. The van der Waals surface area contributed by atoms with Gasteiger partial charge in [0.15, 0.2) is 0 Å². The van der Waals surface area contributed by atoms with Gasteiger partial charge in [-0.05, 0) is 5.92 Å². The van der Waals surface area contributed by atoms with Crippen LogP contribution in [0.3, 0.4) is 0 Å². The zero-order valence-electron chi connectivity index (χ0n) is 6.66. The van der Waals surface area contributed by atoms with E-state index in [4.69, 9.17) is 10.8 Å². The molecule has 0 saturated heterocycles. The number of hydrogen-bond acceptors (Lipinski definition) is 2. The normalized spacial score (nSPS) is 16.9. The van der Waals surface area contributed by atoms with E-state index < -0.39 is 11.9 Å². The first-order valence-corrected chi connectivity index (χ1v) is 3.45. The molecular weight excluding hydrogens is 130 g/mol. The van der Waals surface area contributed by atoms with Crippen LogP contribution in [0.2, 0.25) is 0 Å². The molecule has 0 bridgehead atoms. The minimum atomic E-state index is -0.818. The highest BCUT2D eigenvalue weighted by molar-refractivity contribution is 5.70. The fourth-order valence-electron chi connectivity index (χ4n) is 0.742. The zero-order valence-corrected chi connectivity index (χ0v) is 6.66. The summed E-state index contributed by atoms with van der Waals surface area (Å²) < 4.78 is 0. The fraction of sp³-hybridized carbons (Fsp3) is 0.857. The van der Waals surface area contributed by atoms with Gasteiger partial charge in [-0.1, -0.05) is 20.8 Å². The molecule has 0 radical (unpaired) electrons. The lowest BCUT2D eigenvalue weighted by molar-refractivity contribution is -0.142. The van der Waals surface area contributed by atoms with Gasteiger partial charge in [0, 0.05) is 6.04 Å². The molecule has 0 heterocycles. The molecular formula is C7H15NO2. The first-order chi connectivity index (χ1) is 4.46. The van der Waals surface area contributed by atoms with E-state index in [1.807, 2.05) is 13.8 Å². The second kappa shape index (κ2) is 3.56. The largest absolute Gasteiger partial charge is 0.481 e. The van der Waals surface area contributed by atoms with Gasteiger partial charge in [0.2, 0.25) is 0 Å². The van der Waals surface area contributed by atoms with Crippen molar-refractivity contribution in [2.75, 3.05) is 0 Å². The smallest absolute Gasteiger partial charge is 0.307 e. The van der Waals surface area contributed by atoms with Crippen LogP contribution in [0.1, 0.15) is 20.8 Å². The number of rotatable bonds is 3. The summed E-state index contributed by atoms with van der Waals surface area (Å²) in [6.45, 7) is 5.47. The van der Waals surface area contributed by atoms with Crippen LogP contribution in [0.5, 0.6) is 0 Å². The molecule has 0 aromatic rings. The molecule has 2 atom stereocenters. The minimum Gasteiger partial charge on any atom is -0.481 e. The number of aliphatic carboxylic acids is 1. The Morgan fingerprint density at radius 2 is 1.80 bits per heavy atom. The maximum atomic E-state index is 10.4. The summed E-state index contributed by atoms with van der Waals surface area (Å²) in [6, 6.07) is -0.238. The van der Waals surface area contributed by atoms with Crippen molar-refractivity contribution < 1.29 is 9.90 Å².